The van der Waals surface area contributed by atoms with E-state index in [-0.39, 0.29) is 21.8 Å². The van der Waals surface area contributed by atoms with Gasteiger partial charge in [-0.2, -0.15) is 8.78 Å². The van der Waals surface area contributed by atoms with Crippen molar-refractivity contribution in [3.8, 4) is 11.1 Å². The molecule has 0 unspecified atom stereocenters. The van der Waals surface area contributed by atoms with Gasteiger partial charge >= 0.3 is 11.9 Å². The maximum Gasteiger partial charge on any atom is 0.339 e. The van der Waals surface area contributed by atoms with Crippen LogP contribution in [0.15, 0.2) is 71.9 Å². The van der Waals surface area contributed by atoms with E-state index >= 15 is 0 Å². The fourth-order valence-corrected chi connectivity index (χ4v) is 3.61. The van der Waals surface area contributed by atoms with Crippen LogP contribution in [0, 0.1) is 0 Å². The summed E-state index contributed by atoms with van der Waals surface area (Å²) in [5.41, 5.74) is 12.1. The first-order chi connectivity index (χ1) is 15.8. The largest absolute Gasteiger partial charge is 0.465 e. The summed E-state index contributed by atoms with van der Waals surface area (Å²) >= 11 is 0. The number of nitrogens with two attached hydrogens (primary N) is 2. The number of rotatable bonds is 6. The Hall–Kier alpha value is -4.06. The summed E-state index contributed by atoms with van der Waals surface area (Å²) in [4.78, 5) is 25.2. The Bertz CT molecular complexity index is 1280. The molecule has 0 atom stereocenters. The van der Waals surface area contributed by atoms with Crippen LogP contribution >= 0.6 is 0 Å². The van der Waals surface area contributed by atoms with Gasteiger partial charge in [-0.15, -0.1) is 0 Å². The van der Waals surface area contributed by atoms with Gasteiger partial charge in [-0.25, -0.2) is 13.2 Å². The van der Waals surface area contributed by atoms with Crippen molar-refractivity contribution < 1.29 is 31.5 Å². The lowest BCUT2D eigenvalue weighted by molar-refractivity contribution is -0.139. The molecule has 180 valence electrons. The smallest absolute Gasteiger partial charge is 0.339 e. The zero-order chi connectivity index (χ0) is 25.5. The molecule has 3 aromatic rings. The van der Waals surface area contributed by atoms with Crippen LogP contribution < -0.4 is 16.2 Å². The van der Waals surface area contributed by atoms with Crippen molar-refractivity contribution in [2.75, 3.05) is 17.6 Å². The standard InChI is InChI=1S/C19H17N3O4S.C3H5F2NO/c1-26-19(23)17-8-7-15(11-18(17)20)22-27(24,25)16-6-2-4-13(10-16)14-5-3-9-21-12-14;1-3(4,5)2(6)7/h2-12,22H,20H2,1H3;1H3,(H2,6,7). The minimum absolute atomic E-state index is 0.0967. The van der Waals surface area contributed by atoms with Crippen LogP contribution in [0.3, 0.4) is 0 Å². The number of amides is 1. The monoisotopic (exact) mass is 492 g/mol. The summed E-state index contributed by atoms with van der Waals surface area (Å²) < 4.78 is 55.2. The van der Waals surface area contributed by atoms with Crippen molar-refractivity contribution in [2.24, 2.45) is 5.73 Å². The van der Waals surface area contributed by atoms with Crippen LogP contribution in [0.2, 0.25) is 0 Å². The number of ether oxygens (including phenoxy) is 1. The first-order valence-corrected chi connectivity index (χ1v) is 11.0. The molecule has 34 heavy (non-hydrogen) atoms. The second kappa shape index (κ2) is 10.7. The van der Waals surface area contributed by atoms with E-state index in [2.05, 4.69) is 20.2 Å². The highest BCUT2D eigenvalue weighted by Gasteiger charge is 2.28. The van der Waals surface area contributed by atoms with Crippen molar-refractivity contribution in [2.45, 2.75) is 17.7 Å². The van der Waals surface area contributed by atoms with E-state index in [1.165, 1.54) is 31.4 Å². The molecule has 0 aliphatic heterocycles. The first kappa shape index (κ1) is 26.2. The lowest BCUT2D eigenvalue weighted by Gasteiger charge is -2.11. The second-order valence-corrected chi connectivity index (χ2v) is 8.60. The minimum atomic E-state index is -3.84. The zero-order valence-electron chi connectivity index (χ0n) is 18.2. The van der Waals surface area contributed by atoms with Gasteiger partial charge in [0.05, 0.1) is 23.3 Å². The topological polar surface area (TPSA) is 154 Å². The predicted octanol–water partition coefficient (Wildman–Crippen LogP) is 3.05. The van der Waals surface area contributed by atoms with E-state index in [1.54, 1.807) is 36.7 Å². The predicted molar refractivity (Wildman–Crippen MR) is 122 cm³/mol. The normalized spacial score (nSPS) is 11.1. The quantitative estimate of drug-likeness (QED) is 0.353. The second-order valence-electron chi connectivity index (χ2n) is 6.92. The molecule has 0 bridgehead atoms. The molecule has 1 aromatic heterocycles. The molecular formula is C22H22F2N4O5S. The molecule has 0 saturated carbocycles. The van der Waals surface area contributed by atoms with Crippen LogP contribution in [-0.4, -0.2) is 38.3 Å². The van der Waals surface area contributed by atoms with Crippen molar-refractivity contribution in [3.05, 3.63) is 72.6 Å². The number of hydrogen-bond acceptors (Lipinski definition) is 7. The summed E-state index contributed by atoms with van der Waals surface area (Å²) in [6.45, 7) is 0.454. The number of hydrogen-bond donors (Lipinski definition) is 3. The van der Waals surface area contributed by atoms with E-state index in [9.17, 15) is 26.8 Å². The third-order valence-electron chi connectivity index (χ3n) is 4.28. The molecule has 0 fully saturated rings. The fourth-order valence-electron chi connectivity index (χ4n) is 2.51. The Morgan fingerprint density at radius 2 is 1.71 bits per heavy atom. The van der Waals surface area contributed by atoms with Crippen LogP contribution in [0.5, 0.6) is 0 Å². The van der Waals surface area contributed by atoms with Crippen LogP contribution in [-0.2, 0) is 19.6 Å². The van der Waals surface area contributed by atoms with Gasteiger partial charge in [0.1, 0.15) is 0 Å². The number of anilines is 2. The summed E-state index contributed by atoms with van der Waals surface area (Å²) in [5.74, 6) is -5.54. The fraction of sp³-hybridized carbons (Fsp3) is 0.136. The number of aromatic nitrogens is 1. The number of halogens is 2. The number of nitrogens with one attached hydrogen (secondary N) is 1. The molecule has 0 aliphatic carbocycles. The Kier molecular flexibility index (Phi) is 8.25. The first-order valence-electron chi connectivity index (χ1n) is 9.54. The van der Waals surface area contributed by atoms with E-state index in [0.29, 0.717) is 6.92 Å². The van der Waals surface area contributed by atoms with Gasteiger partial charge in [0, 0.05) is 30.6 Å². The van der Waals surface area contributed by atoms with E-state index < -0.39 is 27.8 Å². The number of benzene rings is 2. The highest BCUT2D eigenvalue weighted by atomic mass is 32.2. The van der Waals surface area contributed by atoms with Crippen LogP contribution in [0.25, 0.3) is 11.1 Å². The lowest BCUT2D eigenvalue weighted by atomic mass is 10.1. The molecule has 0 saturated heterocycles. The molecule has 3 rings (SSSR count). The molecule has 1 heterocycles. The zero-order valence-corrected chi connectivity index (χ0v) is 19.0. The Balaban J connectivity index is 0.000000509. The van der Waals surface area contributed by atoms with Crippen molar-refractivity contribution >= 4 is 33.3 Å². The number of primary amides is 1. The van der Waals surface area contributed by atoms with Crippen molar-refractivity contribution in [3.63, 3.8) is 0 Å². The molecule has 1 amide bonds. The maximum atomic E-state index is 12.7. The number of esters is 1. The average molecular weight is 493 g/mol. The average Bonchev–Trinajstić information content (AvgIpc) is 2.79. The summed E-state index contributed by atoms with van der Waals surface area (Å²) in [6, 6.07) is 14.4. The van der Waals surface area contributed by atoms with Crippen molar-refractivity contribution in [1.82, 2.24) is 4.98 Å². The Labute approximate surface area is 194 Å². The molecule has 2 aromatic carbocycles. The Morgan fingerprint density at radius 1 is 1.06 bits per heavy atom. The third kappa shape index (κ3) is 6.97. The summed E-state index contributed by atoms with van der Waals surface area (Å²) in [6.07, 6.45) is 3.30. The third-order valence-corrected chi connectivity index (χ3v) is 5.66. The van der Waals surface area contributed by atoms with Gasteiger partial charge in [0.2, 0.25) is 0 Å². The minimum Gasteiger partial charge on any atom is -0.465 e. The molecule has 0 spiro atoms. The SMILES string of the molecule is CC(F)(F)C(N)=O.COC(=O)c1ccc(NS(=O)(=O)c2cccc(-c3cccnc3)c2)cc1N. The van der Waals surface area contributed by atoms with E-state index in [4.69, 9.17) is 5.73 Å². The Morgan fingerprint density at radius 3 is 2.24 bits per heavy atom. The number of alkyl halides is 2. The van der Waals surface area contributed by atoms with Gasteiger partial charge in [-0.3, -0.25) is 14.5 Å². The molecule has 0 radical (unpaired) electrons. The van der Waals surface area contributed by atoms with Gasteiger partial charge in [-0.1, -0.05) is 18.2 Å². The van der Waals surface area contributed by atoms with E-state index in [1.807, 2.05) is 6.07 Å². The van der Waals surface area contributed by atoms with Gasteiger partial charge in [0.25, 0.3) is 15.9 Å². The highest BCUT2D eigenvalue weighted by Crippen LogP contribution is 2.25. The molecule has 12 heteroatoms. The number of carbonyl (C=O) groups excluding carboxylic acids is 2. The maximum absolute atomic E-state index is 12.7. The lowest BCUT2D eigenvalue weighted by Crippen LogP contribution is -2.31. The van der Waals surface area contributed by atoms with Gasteiger partial charge in [0.15, 0.2) is 0 Å². The van der Waals surface area contributed by atoms with Crippen LogP contribution in [0.1, 0.15) is 17.3 Å². The van der Waals surface area contributed by atoms with Crippen molar-refractivity contribution in [1.29, 1.82) is 0 Å². The number of methoxy groups -OCH3 is 1. The number of sulfonamides is 1. The summed E-state index contributed by atoms with van der Waals surface area (Å²) in [7, 11) is -2.60. The molecule has 0 aliphatic rings. The van der Waals surface area contributed by atoms with Gasteiger partial charge in [-0.05, 0) is 42.0 Å². The highest BCUT2D eigenvalue weighted by molar-refractivity contribution is 7.92. The summed E-state index contributed by atoms with van der Waals surface area (Å²) in [5, 5.41) is 0. The molecular weight excluding hydrogens is 470 g/mol. The number of nitrogen functional groups attached to an aromatic ring is 1. The van der Waals surface area contributed by atoms with E-state index in [0.717, 1.165) is 11.1 Å². The molecule has 9 nitrogen and oxygen atoms in total. The number of carbonyl (C=O) groups is 2. The number of nitrogens with zero attached hydrogens (tertiary/aromatic N) is 1. The van der Waals surface area contributed by atoms with Crippen LogP contribution in [0.4, 0.5) is 20.2 Å². The van der Waals surface area contributed by atoms with Gasteiger partial charge < -0.3 is 16.2 Å². The number of pyridine rings is 1. The molecule has 5 N–H and O–H groups in total.